The Morgan fingerprint density at radius 3 is 2.76 bits per heavy atom. The van der Waals surface area contributed by atoms with Crippen LogP contribution >= 0.6 is 27.5 Å². The standard InChI is InChI=1S/C10H8BrF3N4O2S/c11-6-3-5(1-2-8(6)20-10(12,13)14)19-4-7-9(16-15)21-18-17-7/h1-3,16H,4,15H2. The predicted octanol–water partition coefficient (Wildman–Crippen LogP) is 3.06. The van der Waals surface area contributed by atoms with Crippen molar-refractivity contribution in [3.05, 3.63) is 28.4 Å². The molecule has 0 spiro atoms. The van der Waals surface area contributed by atoms with Crippen molar-refractivity contribution in [1.29, 1.82) is 0 Å². The Balaban J connectivity index is 2.03. The van der Waals surface area contributed by atoms with Crippen molar-refractivity contribution in [3.63, 3.8) is 0 Å². The summed E-state index contributed by atoms with van der Waals surface area (Å²) < 4.78 is 49.4. The number of anilines is 1. The first-order valence-corrected chi connectivity index (χ1v) is 6.91. The van der Waals surface area contributed by atoms with Gasteiger partial charge in [-0.3, -0.25) is 0 Å². The number of halogens is 4. The van der Waals surface area contributed by atoms with E-state index in [1.165, 1.54) is 12.1 Å². The van der Waals surface area contributed by atoms with Gasteiger partial charge in [0, 0.05) is 11.5 Å². The molecule has 1 aromatic heterocycles. The highest BCUT2D eigenvalue weighted by Crippen LogP contribution is 2.33. The molecule has 11 heteroatoms. The van der Waals surface area contributed by atoms with E-state index in [1.54, 1.807) is 0 Å². The van der Waals surface area contributed by atoms with Crippen molar-refractivity contribution in [3.8, 4) is 11.5 Å². The second-order valence-electron chi connectivity index (χ2n) is 3.62. The number of nitrogens with zero attached hydrogens (tertiary/aromatic N) is 2. The Morgan fingerprint density at radius 1 is 1.38 bits per heavy atom. The van der Waals surface area contributed by atoms with Crippen LogP contribution < -0.4 is 20.7 Å². The predicted molar refractivity (Wildman–Crippen MR) is 72.9 cm³/mol. The fourth-order valence-electron chi connectivity index (χ4n) is 1.34. The zero-order valence-corrected chi connectivity index (χ0v) is 12.6. The van der Waals surface area contributed by atoms with Crippen LogP contribution in [0, 0.1) is 0 Å². The maximum atomic E-state index is 12.1. The monoisotopic (exact) mass is 384 g/mol. The molecule has 0 amide bonds. The van der Waals surface area contributed by atoms with E-state index in [1.807, 2.05) is 0 Å². The van der Waals surface area contributed by atoms with Gasteiger partial charge >= 0.3 is 6.36 Å². The van der Waals surface area contributed by atoms with Crippen molar-refractivity contribution in [2.45, 2.75) is 13.0 Å². The summed E-state index contributed by atoms with van der Waals surface area (Å²) in [6.07, 6.45) is -4.75. The maximum Gasteiger partial charge on any atom is 0.573 e. The number of benzene rings is 1. The molecule has 1 aromatic carbocycles. The topological polar surface area (TPSA) is 82.3 Å². The highest BCUT2D eigenvalue weighted by molar-refractivity contribution is 9.10. The molecule has 2 rings (SSSR count). The lowest BCUT2D eigenvalue weighted by Gasteiger charge is -2.12. The first kappa shape index (κ1) is 15.8. The van der Waals surface area contributed by atoms with Crippen molar-refractivity contribution >= 4 is 32.5 Å². The quantitative estimate of drug-likeness (QED) is 0.608. The molecule has 0 saturated carbocycles. The second-order valence-corrected chi connectivity index (χ2v) is 5.23. The van der Waals surface area contributed by atoms with Crippen LogP contribution in [0.25, 0.3) is 0 Å². The lowest BCUT2D eigenvalue weighted by atomic mass is 10.3. The first-order valence-electron chi connectivity index (χ1n) is 5.35. The molecule has 0 radical (unpaired) electrons. The molecule has 0 atom stereocenters. The van der Waals surface area contributed by atoms with E-state index >= 15 is 0 Å². The van der Waals surface area contributed by atoms with Crippen LogP contribution in [0.5, 0.6) is 11.5 Å². The molecule has 0 aliphatic heterocycles. The molecule has 0 saturated heterocycles. The fraction of sp³-hybridized carbons (Fsp3) is 0.200. The summed E-state index contributed by atoms with van der Waals surface area (Å²) in [6, 6.07) is 3.85. The molecule has 0 unspecified atom stereocenters. The van der Waals surface area contributed by atoms with Gasteiger partial charge in [-0.05, 0) is 34.1 Å². The van der Waals surface area contributed by atoms with E-state index in [9.17, 15) is 13.2 Å². The van der Waals surface area contributed by atoms with Gasteiger partial charge in [0.25, 0.3) is 0 Å². The van der Waals surface area contributed by atoms with Gasteiger partial charge in [0.1, 0.15) is 23.8 Å². The van der Waals surface area contributed by atoms with Crippen LogP contribution in [-0.4, -0.2) is 15.9 Å². The Bertz CT molecular complexity index is 623. The Labute approximate surface area is 129 Å². The van der Waals surface area contributed by atoms with Gasteiger partial charge in [-0.25, -0.2) is 5.84 Å². The average Bonchev–Trinajstić information content (AvgIpc) is 2.85. The number of nitrogen functional groups attached to an aromatic ring is 1. The number of hydrogen-bond donors (Lipinski definition) is 2. The van der Waals surface area contributed by atoms with Crippen molar-refractivity contribution in [1.82, 2.24) is 9.59 Å². The summed E-state index contributed by atoms with van der Waals surface area (Å²) in [4.78, 5) is 0. The van der Waals surface area contributed by atoms with Gasteiger partial charge in [0.05, 0.1) is 4.47 Å². The SMILES string of the molecule is NNc1snnc1COc1ccc(OC(F)(F)F)c(Br)c1. The van der Waals surface area contributed by atoms with E-state index in [0.717, 1.165) is 17.6 Å². The number of aromatic nitrogens is 2. The summed E-state index contributed by atoms with van der Waals surface area (Å²) in [5.41, 5.74) is 2.91. The number of rotatable bonds is 5. The van der Waals surface area contributed by atoms with Crippen LogP contribution in [0.3, 0.4) is 0 Å². The van der Waals surface area contributed by atoms with E-state index in [4.69, 9.17) is 10.6 Å². The average molecular weight is 385 g/mol. The number of hydrogen-bond acceptors (Lipinski definition) is 7. The summed E-state index contributed by atoms with van der Waals surface area (Å²) in [5.74, 6) is 5.25. The van der Waals surface area contributed by atoms with Crippen LogP contribution in [0.15, 0.2) is 22.7 Å². The van der Waals surface area contributed by atoms with Gasteiger partial charge in [-0.15, -0.1) is 18.3 Å². The third-order valence-electron chi connectivity index (χ3n) is 2.19. The van der Waals surface area contributed by atoms with E-state index in [2.05, 4.69) is 35.7 Å². The Kier molecular flexibility index (Phi) is 4.85. The summed E-state index contributed by atoms with van der Waals surface area (Å²) in [7, 11) is 0. The number of ether oxygens (including phenoxy) is 2. The van der Waals surface area contributed by atoms with Crippen molar-refractivity contribution in [2.75, 3.05) is 5.43 Å². The third kappa shape index (κ3) is 4.44. The van der Waals surface area contributed by atoms with E-state index in [-0.39, 0.29) is 16.8 Å². The van der Waals surface area contributed by atoms with Gasteiger partial charge in [-0.2, -0.15) is 0 Å². The molecule has 3 N–H and O–H groups in total. The number of nitrogens with one attached hydrogen (secondary N) is 1. The zero-order valence-electron chi connectivity index (χ0n) is 10.1. The number of hydrazine groups is 1. The smallest absolute Gasteiger partial charge is 0.487 e. The van der Waals surface area contributed by atoms with Gasteiger partial charge in [0.15, 0.2) is 5.00 Å². The summed E-state index contributed by atoms with van der Waals surface area (Å²) >= 11 is 4.05. The van der Waals surface area contributed by atoms with Crippen LogP contribution in [0.4, 0.5) is 18.2 Å². The minimum atomic E-state index is -4.75. The summed E-state index contributed by atoms with van der Waals surface area (Å²) in [6.45, 7) is 0.0714. The molecule has 1 heterocycles. The highest BCUT2D eigenvalue weighted by atomic mass is 79.9. The van der Waals surface area contributed by atoms with Gasteiger partial charge in [0.2, 0.25) is 0 Å². The molecule has 114 valence electrons. The minimum Gasteiger partial charge on any atom is -0.487 e. The highest BCUT2D eigenvalue weighted by Gasteiger charge is 2.32. The van der Waals surface area contributed by atoms with Crippen LogP contribution in [0.1, 0.15) is 5.69 Å². The lowest BCUT2D eigenvalue weighted by molar-refractivity contribution is -0.274. The Hall–Kier alpha value is -1.59. The van der Waals surface area contributed by atoms with Gasteiger partial charge < -0.3 is 14.9 Å². The van der Waals surface area contributed by atoms with Crippen molar-refractivity contribution < 1.29 is 22.6 Å². The maximum absolute atomic E-state index is 12.1. The largest absolute Gasteiger partial charge is 0.573 e. The molecule has 2 aromatic rings. The molecule has 0 bridgehead atoms. The first-order chi connectivity index (χ1) is 9.89. The molecule has 6 nitrogen and oxygen atoms in total. The third-order valence-corrected chi connectivity index (χ3v) is 3.51. The molecule has 21 heavy (non-hydrogen) atoms. The van der Waals surface area contributed by atoms with Crippen LogP contribution in [0.2, 0.25) is 0 Å². The number of nitrogens with two attached hydrogens (primary N) is 1. The lowest BCUT2D eigenvalue weighted by Crippen LogP contribution is -2.17. The number of alkyl halides is 3. The molecule has 0 aliphatic rings. The molecular weight excluding hydrogens is 377 g/mol. The minimum absolute atomic E-state index is 0.0714. The molecular formula is C10H8BrF3N4O2S. The summed E-state index contributed by atoms with van der Waals surface area (Å²) in [5, 5.41) is 4.35. The van der Waals surface area contributed by atoms with E-state index in [0.29, 0.717) is 16.4 Å². The second kappa shape index (κ2) is 6.45. The van der Waals surface area contributed by atoms with E-state index < -0.39 is 6.36 Å². The molecule has 0 aliphatic carbocycles. The van der Waals surface area contributed by atoms with Gasteiger partial charge in [-0.1, -0.05) is 4.49 Å². The molecule has 0 fully saturated rings. The van der Waals surface area contributed by atoms with Crippen LogP contribution in [-0.2, 0) is 6.61 Å². The normalized spacial score (nSPS) is 11.3. The Morgan fingerprint density at radius 2 is 2.14 bits per heavy atom. The van der Waals surface area contributed by atoms with Crippen molar-refractivity contribution in [2.24, 2.45) is 5.84 Å². The fourth-order valence-corrected chi connectivity index (χ4v) is 2.26. The zero-order chi connectivity index (χ0) is 15.5.